The van der Waals surface area contributed by atoms with Crippen LogP contribution in [-0.4, -0.2) is 40.0 Å². The Kier molecular flexibility index (Phi) is 6.11. The fraction of sp³-hybridized carbons (Fsp3) is 0.273. The predicted molar refractivity (Wildman–Crippen MR) is 118 cm³/mol. The molecular formula is C22H21ClN4O2S. The normalized spacial score (nSPS) is 14.5. The number of carbonyl (C=O) groups excluding carboxylic acids is 2. The van der Waals surface area contributed by atoms with Gasteiger partial charge in [-0.25, -0.2) is 0 Å². The first-order valence-electron chi connectivity index (χ1n) is 9.76. The molecule has 1 aromatic heterocycles. The van der Waals surface area contributed by atoms with Crippen molar-refractivity contribution in [2.75, 3.05) is 18.4 Å². The van der Waals surface area contributed by atoms with E-state index in [4.69, 9.17) is 11.6 Å². The van der Waals surface area contributed by atoms with E-state index in [2.05, 4.69) is 15.5 Å². The molecule has 1 aliphatic rings. The number of halogens is 1. The maximum Gasteiger partial charge on any atom is 0.286 e. The zero-order chi connectivity index (χ0) is 21.1. The predicted octanol–water partition coefficient (Wildman–Crippen LogP) is 4.77. The molecule has 0 unspecified atom stereocenters. The molecule has 0 spiro atoms. The fourth-order valence-electron chi connectivity index (χ4n) is 3.51. The highest BCUT2D eigenvalue weighted by Crippen LogP contribution is 2.31. The Labute approximate surface area is 183 Å². The van der Waals surface area contributed by atoms with Gasteiger partial charge in [0.2, 0.25) is 5.01 Å². The van der Waals surface area contributed by atoms with E-state index in [9.17, 15) is 9.59 Å². The Hall–Kier alpha value is -2.77. The molecule has 0 radical (unpaired) electrons. The lowest BCUT2D eigenvalue weighted by Gasteiger charge is -2.31. The third kappa shape index (κ3) is 4.52. The second-order valence-electron chi connectivity index (χ2n) is 7.29. The van der Waals surface area contributed by atoms with Crippen LogP contribution in [0.4, 0.5) is 5.69 Å². The zero-order valence-corrected chi connectivity index (χ0v) is 18.0. The lowest BCUT2D eigenvalue weighted by molar-refractivity contribution is 0.0712. The summed E-state index contributed by atoms with van der Waals surface area (Å²) in [4.78, 5) is 27.0. The maximum atomic E-state index is 12.7. The molecule has 8 heteroatoms. The van der Waals surface area contributed by atoms with Gasteiger partial charge in [-0.15, -0.1) is 10.2 Å². The molecule has 0 aliphatic carbocycles. The monoisotopic (exact) mass is 440 g/mol. The minimum Gasteiger partial charge on any atom is -0.339 e. The zero-order valence-electron chi connectivity index (χ0n) is 16.5. The maximum absolute atomic E-state index is 12.7. The lowest BCUT2D eigenvalue weighted by Crippen LogP contribution is -2.37. The molecule has 2 amide bonds. The van der Waals surface area contributed by atoms with Crippen molar-refractivity contribution >= 4 is 40.4 Å². The second kappa shape index (κ2) is 8.93. The highest BCUT2D eigenvalue weighted by molar-refractivity contribution is 7.13. The van der Waals surface area contributed by atoms with E-state index in [1.165, 1.54) is 11.3 Å². The molecule has 6 nitrogen and oxygen atoms in total. The van der Waals surface area contributed by atoms with Gasteiger partial charge in [-0.2, -0.15) is 0 Å². The largest absolute Gasteiger partial charge is 0.339 e. The first-order valence-corrected chi connectivity index (χ1v) is 11.0. The summed E-state index contributed by atoms with van der Waals surface area (Å²) in [5.74, 6) is -0.0564. The summed E-state index contributed by atoms with van der Waals surface area (Å²) in [7, 11) is 0. The molecule has 154 valence electrons. The van der Waals surface area contributed by atoms with E-state index in [0.717, 1.165) is 29.1 Å². The Bertz CT molecular complexity index is 1080. The van der Waals surface area contributed by atoms with Gasteiger partial charge >= 0.3 is 0 Å². The van der Waals surface area contributed by atoms with Crippen molar-refractivity contribution in [1.29, 1.82) is 0 Å². The topological polar surface area (TPSA) is 75.2 Å². The molecule has 2 aromatic carbocycles. The molecule has 0 bridgehead atoms. The number of carbonyl (C=O) groups is 2. The minimum absolute atomic E-state index is 0.00786. The number of rotatable bonds is 4. The Morgan fingerprint density at radius 3 is 2.60 bits per heavy atom. The van der Waals surface area contributed by atoms with Crippen LogP contribution in [0.5, 0.6) is 0 Å². The van der Waals surface area contributed by atoms with E-state index in [0.29, 0.717) is 28.7 Å². The van der Waals surface area contributed by atoms with Crippen LogP contribution in [0.3, 0.4) is 0 Å². The number of likely N-dealkylation sites (tertiary alicyclic amines) is 1. The van der Waals surface area contributed by atoms with Crippen LogP contribution in [0.2, 0.25) is 5.02 Å². The molecular weight excluding hydrogens is 420 g/mol. The molecule has 0 atom stereocenters. The van der Waals surface area contributed by atoms with Crippen molar-refractivity contribution < 1.29 is 9.59 Å². The smallest absolute Gasteiger partial charge is 0.286 e. The molecule has 30 heavy (non-hydrogen) atoms. The molecule has 4 rings (SSSR count). The van der Waals surface area contributed by atoms with Gasteiger partial charge in [0.25, 0.3) is 11.8 Å². The summed E-state index contributed by atoms with van der Waals surface area (Å²) in [6, 6.07) is 14.6. The van der Waals surface area contributed by atoms with Gasteiger partial charge in [-0.1, -0.05) is 47.2 Å². The fourth-order valence-corrected chi connectivity index (χ4v) is 4.61. The Balaban J connectivity index is 1.36. The van der Waals surface area contributed by atoms with Gasteiger partial charge in [0.15, 0.2) is 0 Å². The summed E-state index contributed by atoms with van der Waals surface area (Å²) in [6.07, 6.45) is 1.58. The number of para-hydroxylation sites is 1. The van der Waals surface area contributed by atoms with Crippen LogP contribution in [0, 0.1) is 6.92 Å². The number of benzene rings is 2. The molecule has 1 fully saturated rings. The van der Waals surface area contributed by atoms with Crippen LogP contribution in [0.15, 0.2) is 48.5 Å². The van der Waals surface area contributed by atoms with E-state index >= 15 is 0 Å². The average molecular weight is 441 g/mol. The van der Waals surface area contributed by atoms with Crippen molar-refractivity contribution in [3.8, 4) is 0 Å². The van der Waals surface area contributed by atoms with Gasteiger partial charge in [0.1, 0.15) is 5.01 Å². The average Bonchev–Trinajstić information content (AvgIpc) is 3.25. The number of hydrogen-bond donors (Lipinski definition) is 1. The number of aryl methyl sites for hydroxylation is 1. The molecule has 1 aliphatic heterocycles. The van der Waals surface area contributed by atoms with Gasteiger partial charge in [0.05, 0.1) is 0 Å². The van der Waals surface area contributed by atoms with Crippen LogP contribution in [-0.2, 0) is 0 Å². The second-order valence-corrected chi connectivity index (χ2v) is 8.74. The summed E-state index contributed by atoms with van der Waals surface area (Å²) in [5, 5.41) is 13.0. The third-order valence-electron chi connectivity index (χ3n) is 5.23. The number of piperidine rings is 1. The SMILES string of the molecule is Cc1ccccc1NC(=O)c1nnc(C2CCN(C(=O)c3cccc(Cl)c3)CC2)s1. The van der Waals surface area contributed by atoms with Crippen molar-refractivity contribution in [3.63, 3.8) is 0 Å². The lowest BCUT2D eigenvalue weighted by atomic mass is 9.97. The highest BCUT2D eigenvalue weighted by Gasteiger charge is 2.27. The number of nitrogens with one attached hydrogen (secondary N) is 1. The standard InChI is InChI=1S/C22H21ClN4O2S/c1-14-5-2-3-8-18(14)24-19(28)21-26-25-20(30-21)15-9-11-27(12-10-15)22(29)16-6-4-7-17(23)13-16/h2-8,13,15H,9-12H2,1H3,(H,24,28). The van der Waals surface area contributed by atoms with E-state index in [1.807, 2.05) is 36.1 Å². The van der Waals surface area contributed by atoms with E-state index < -0.39 is 0 Å². The van der Waals surface area contributed by atoms with Gasteiger partial charge in [-0.3, -0.25) is 9.59 Å². The van der Waals surface area contributed by atoms with Crippen molar-refractivity contribution in [2.24, 2.45) is 0 Å². The Morgan fingerprint density at radius 1 is 1.10 bits per heavy atom. The number of aromatic nitrogens is 2. The van der Waals surface area contributed by atoms with Crippen LogP contribution >= 0.6 is 22.9 Å². The molecule has 2 heterocycles. The van der Waals surface area contributed by atoms with E-state index in [-0.39, 0.29) is 17.7 Å². The first kappa shape index (κ1) is 20.5. The molecule has 3 aromatic rings. The molecule has 1 N–H and O–H groups in total. The van der Waals surface area contributed by atoms with Crippen LogP contribution < -0.4 is 5.32 Å². The summed E-state index contributed by atoms with van der Waals surface area (Å²) in [5.41, 5.74) is 2.37. The van der Waals surface area contributed by atoms with Crippen LogP contribution in [0.25, 0.3) is 0 Å². The van der Waals surface area contributed by atoms with Crippen molar-refractivity contribution in [1.82, 2.24) is 15.1 Å². The molecule has 0 saturated carbocycles. The minimum atomic E-state index is -0.248. The van der Waals surface area contributed by atoms with E-state index in [1.54, 1.807) is 24.3 Å². The molecule has 1 saturated heterocycles. The van der Waals surface area contributed by atoms with Crippen molar-refractivity contribution in [2.45, 2.75) is 25.7 Å². The first-order chi connectivity index (χ1) is 14.5. The summed E-state index contributed by atoms with van der Waals surface area (Å²) < 4.78 is 0. The highest BCUT2D eigenvalue weighted by atomic mass is 35.5. The number of anilines is 1. The number of amides is 2. The van der Waals surface area contributed by atoms with Crippen LogP contribution in [0.1, 0.15) is 49.5 Å². The van der Waals surface area contributed by atoms with Gasteiger partial charge in [0, 0.05) is 35.3 Å². The Morgan fingerprint density at radius 2 is 1.87 bits per heavy atom. The number of nitrogens with zero attached hydrogens (tertiary/aromatic N) is 3. The van der Waals surface area contributed by atoms with Gasteiger partial charge < -0.3 is 10.2 Å². The quantitative estimate of drug-likeness (QED) is 0.633. The summed E-state index contributed by atoms with van der Waals surface area (Å²) in [6.45, 7) is 3.22. The summed E-state index contributed by atoms with van der Waals surface area (Å²) >= 11 is 7.33. The number of hydrogen-bond acceptors (Lipinski definition) is 5. The third-order valence-corrected chi connectivity index (χ3v) is 6.55. The van der Waals surface area contributed by atoms with Gasteiger partial charge in [-0.05, 0) is 49.6 Å². The van der Waals surface area contributed by atoms with Crippen molar-refractivity contribution in [3.05, 3.63) is 74.7 Å².